The van der Waals surface area contributed by atoms with Gasteiger partial charge in [0.15, 0.2) is 11.5 Å². The predicted octanol–water partition coefficient (Wildman–Crippen LogP) is 5.45. The molecule has 1 N–H and O–H groups in total. The first kappa shape index (κ1) is 28.3. The summed E-state index contributed by atoms with van der Waals surface area (Å²) in [6, 6.07) is 13.0. The van der Waals surface area contributed by atoms with Crippen molar-refractivity contribution >= 4 is 44.7 Å². The van der Waals surface area contributed by atoms with E-state index in [4.69, 9.17) is 14.5 Å². The van der Waals surface area contributed by atoms with Crippen LogP contribution in [0.3, 0.4) is 0 Å². The van der Waals surface area contributed by atoms with E-state index in [0.29, 0.717) is 54.6 Å². The summed E-state index contributed by atoms with van der Waals surface area (Å²) in [5.41, 5.74) is 0.419. The Hall–Kier alpha value is -4.19. The van der Waals surface area contributed by atoms with Gasteiger partial charge in [0.2, 0.25) is 11.8 Å². The third-order valence-corrected chi connectivity index (χ3v) is 6.91. The van der Waals surface area contributed by atoms with Crippen molar-refractivity contribution < 1.29 is 14.3 Å². The van der Waals surface area contributed by atoms with Crippen molar-refractivity contribution in [2.45, 2.75) is 51.9 Å². The first-order chi connectivity index (χ1) is 19.6. The monoisotopic (exact) mass is 621 g/mol. The Bertz CT molecular complexity index is 1620. The fourth-order valence-electron chi connectivity index (χ4n) is 4.51. The third kappa shape index (κ3) is 6.59. The molecular formula is C29H32BrN7O4. The standard InChI is InChI=1S/C29H32BrN7O4/c1-5-15-36-26(38)22-18-31-27(32-20-11-9-19(30)10-12-20)34-25(22)37(36)23-7-6-8-24(33-23)40-21-13-16-35(17-14-21)28(39)41-29(2,3)4/h5-12,18,21H,1,13-17H2,2-4H3,(H,31,32,34). The summed E-state index contributed by atoms with van der Waals surface area (Å²) in [6.45, 7) is 10.7. The van der Waals surface area contributed by atoms with E-state index in [1.54, 1.807) is 27.8 Å². The Morgan fingerprint density at radius 2 is 1.88 bits per heavy atom. The molecule has 4 aromatic rings. The number of carbonyl (C=O) groups excluding carboxylic acids is 1. The summed E-state index contributed by atoms with van der Waals surface area (Å²) >= 11 is 3.43. The molecule has 0 aliphatic carbocycles. The quantitative estimate of drug-likeness (QED) is 0.271. The number of benzene rings is 1. The summed E-state index contributed by atoms with van der Waals surface area (Å²) in [7, 11) is 0. The molecule has 12 heteroatoms. The number of amides is 1. The fourth-order valence-corrected chi connectivity index (χ4v) is 4.78. The van der Waals surface area contributed by atoms with Gasteiger partial charge in [0, 0.05) is 48.4 Å². The Labute approximate surface area is 245 Å². The molecule has 11 nitrogen and oxygen atoms in total. The first-order valence-corrected chi connectivity index (χ1v) is 14.1. The zero-order valence-corrected chi connectivity index (χ0v) is 24.8. The molecule has 0 radical (unpaired) electrons. The summed E-state index contributed by atoms with van der Waals surface area (Å²) in [5.74, 6) is 1.23. The summed E-state index contributed by atoms with van der Waals surface area (Å²) < 4.78 is 15.8. The highest BCUT2D eigenvalue weighted by molar-refractivity contribution is 9.10. The van der Waals surface area contributed by atoms with Crippen LogP contribution in [-0.2, 0) is 11.3 Å². The minimum atomic E-state index is -0.537. The number of aromatic nitrogens is 5. The van der Waals surface area contributed by atoms with Crippen molar-refractivity contribution in [2.24, 2.45) is 0 Å². The van der Waals surface area contributed by atoms with Crippen LogP contribution in [0.4, 0.5) is 16.4 Å². The summed E-state index contributed by atoms with van der Waals surface area (Å²) in [6.07, 6.45) is 4.03. The third-order valence-electron chi connectivity index (χ3n) is 6.38. The number of hydrogen-bond acceptors (Lipinski definition) is 8. The number of hydrogen-bond donors (Lipinski definition) is 1. The molecule has 41 heavy (non-hydrogen) atoms. The number of allylic oxidation sites excluding steroid dienone is 1. The highest BCUT2D eigenvalue weighted by Gasteiger charge is 2.28. The lowest BCUT2D eigenvalue weighted by Crippen LogP contribution is -2.44. The minimum Gasteiger partial charge on any atom is -0.474 e. The van der Waals surface area contributed by atoms with Gasteiger partial charge in [-0.3, -0.25) is 4.79 Å². The van der Waals surface area contributed by atoms with E-state index < -0.39 is 5.60 Å². The van der Waals surface area contributed by atoms with E-state index >= 15 is 0 Å². The van der Waals surface area contributed by atoms with Crippen LogP contribution in [0.5, 0.6) is 5.88 Å². The molecule has 0 atom stereocenters. The smallest absolute Gasteiger partial charge is 0.410 e. The normalized spacial score (nSPS) is 14.2. The van der Waals surface area contributed by atoms with Crippen molar-refractivity contribution in [3.8, 4) is 11.7 Å². The largest absolute Gasteiger partial charge is 0.474 e. The van der Waals surface area contributed by atoms with E-state index in [1.807, 2.05) is 51.1 Å². The van der Waals surface area contributed by atoms with Gasteiger partial charge >= 0.3 is 6.09 Å². The number of nitrogens with one attached hydrogen (secondary N) is 1. The van der Waals surface area contributed by atoms with Gasteiger partial charge in [-0.15, -0.1) is 6.58 Å². The maximum Gasteiger partial charge on any atom is 0.410 e. The van der Waals surface area contributed by atoms with Crippen LogP contribution in [0.2, 0.25) is 0 Å². The van der Waals surface area contributed by atoms with Gasteiger partial charge in [-0.05, 0) is 51.1 Å². The van der Waals surface area contributed by atoms with E-state index in [0.717, 1.165) is 10.2 Å². The number of ether oxygens (including phenoxy) is 2. The van der Waals surface area contributed by atoms with Gasteiger partial charge < -0.3 is 19.7 Å². The minimum absolute atomic E-state index is 0.114. The van der Waals surface area contributed by atoms with Crippen LogP contribution in [-0.4, -0.2) is 60.1 Å². The number of piperidine rings is 1. The highest BCUT2D eigenvalue weighted by Crippen LogP contribution is 2.23. The van der Waals surface area contributed by atoms with Gasteiger partial charge in [-0.25, -0.2) is 19.1 Å². The van der Waals surface area contributed by atoms with Crippen molar-refractivity contribution in [3.05, 3.63) is 76.1 Å². The number of anilines is 2. The van der Waals surface area contributed by atoms with Crippen LogP contribution in [0.1, 0.15) is 33.6 Å². The molecule has 0 unspecified atom stereocenters. The molecular weight excluding hydrogens is 590 g/mol. The second kappa shape index (κ2) is 11.7. The summed E-state index contributed by atoms with van der Waals surface area (Å²) in [5, 5.41) is 3.54. The van der Waals surface area contributed by atoms with Crippen LogP contribution < -0.4 is 15.6 Å². The molecule has 3 aromatic heterocycles. The van der Waals surface area contributed by atoms with Gasteiger partial charge in [0.25, 0.3) is 5.56 Å². The fraction of sp³-hybridized carbons (Fsp3) is 0.345. The second-order valence-corrected chi connectivity index (χ2v) is 11.6. The molecule has 0 spiro atoms. The number of rotatable bonds is 7. The second-order valence-electron chi connectivity index (χ2n) is 10.7. The molecule has 214 valence electrons. The number of halogens is 1. The van der Waals surface area contributed by atoms with Gasteiger partial charge in [0.1, 0.15) is 17.1 Å². The molecule has 1 aliphatic heterocycles. The molecule has 1 saturated heterocycles. The lowest BCUT2D eigenvalue weighted by molar-refractivity contribution is 0.0123. The number of pyridine rings is 1. The van der Waals surface area contributed by atoms with Crippen LogP contribution in [0.15, 0.2) is 70.6 Å². The lowest BCUT2D eigenvalue weighted by atomic mass is 10.1. The zero-order chi connectivity index (χ0) is 29.1. The number of likely N-dealkylation sites (tertiary alicyclic amines) is 1. The van der Waals surface area contributed by atoms with Crippen molar-refractivity contribution in [3.63, 3.8) is 0 Å². The van der Waals surface area contributed by atoms with Crippen molar-refractivity contribution in [1.82, 2.24) is 29.2 Å². The molecule has 1 aliphatic rings. The van der Waals surface area contributed by atoms with E-state index in [-0.39, 0.29) is 24.3 Å². The zero-order valence-electron chi connectivity index (χ0n) is 23.2. The van der Waals surface area contributed by atoms with Crippen LogP contribution >= 0.6 is 15.9 Å². The molecule has 0 bridgehead atoms. The lowest BCUT2D eigenvalue weighted by Gasteiger charge is -2.33. The molecule has 1 fully saturated rings. The number of carbonyl (C=O) groups is 1. The Morgan fingerprint density at radius 1 is 1.15 bits per heavy atom. The topological polar surface area (TPSA) is 116 Å². The number of fused-ring (bicyclic) bond motifs is 1. The molecule has 4 heterocycles. The highest BCUT2D eigenvalue weighted by atomic mass is 79.9. The Kier molecular flexibility index (Phi) is 8.11. The van der Waals surface area contributed by atoms with Gasteiger partial charge in [-0.2, -0.15) is 9.97 Å². The van der Waals surface area contributed by atoms with Gasteiger partial charge in [0.05, 0.1) is 6.54 Å². The Balaban J connectivity index is 1.39. The van der Waals surface area contributed by atoms with Crippen molar-refractivity contribution in [1.29, 1.82) is 0 Å². The molecule has 1 amide bonds. The van der Waals surface area contributed by atoms with E-state index in [1.165, 1.54) is 10.9 Å². The van der Waals surface area contributed by atoms with E-state index in [2.05, 4.69) is 37.8 Å². The predicted molar refractivity (Wildman–Crippen MR) is 160 cm³/mol. The van der Waals surface area contributed by atoms with Gasteiger partial charge in [-0.1, -0.05) is 28.1 Å². The average molecular weight is 623 g/mol. The van der Waals surface area contributed by atoms with Crippen LogP contribution in [0, 0.1) is 0 Å². The maximum absolute atomic E-state index is 13.3. The Morgan fingerprint density at radius 3 is 2.56 bits per heavy atom. The van der Waals surface area contributed by atoms with E-state index in [9.17, 15) is 9.59 Å². The maximum atomic E-state index is 13.3. The van der Waals surface area contributed by atoms with Crippen LogP contribution in [0.25, 0.3) is 16.9 Å². The first-order valence-electron chi connectivity index (χ1n) is 13.4. The molecule has 0 saturated carbocycles. The number of nitrogens with zero attached hydrogens (tertiary/aromatic N) is 6. The summed E-state index contributed by atoms with van der Waals surface area (Å²) in [4.78, 5) is 41.1. The average Bonchev–Trinajstić information content (AvgIpc) is 3.20. The molecule has 1 aromatic carbocycles. The SMILES string of the molecule is C=CCn1c(=O)c2cnc(Nc3ccc(Br)cc3)nc2n1-c1cccc(OC2CCN(C(=O)OC(C)(C)C)CC2)n1. The molecule has 5 rings (SSSR count). The van der Waals surface area contributed by atoms with Crippen molar-refractivity contribution in [2.75, 3.05) is 18.4 Å².